The molecule has 0 N–H and O–H groups in total. The van der Waals surface area contributed by atoms with Gasteiger partial charge in [0.2, 0.25) is 0 Å². The number of rotatable bonds is 7. The molecule has 0 aliphatic rings. The zero-order valence-corrected chi connectivity index (χ0v) is 14.5. The number of hydrogen-bond acceptors (Lipinski definition) is 3. The molecule has 22 heavy (non-hydrogen) atoms. The van der Waals surface area contributed by atoms with Crippen LogP contribution in [0, 0.1) is 0 Å². The number of fused-ring (bicyclic) bond motifs is 1. The molecule has 1 unspecified atom stereocenters. The van der Waals surface area contributed by atoms with Gasteiger partial charge in [-0.3, -0.25) is 4.98 Å². The van der Waals surface area contributed by atoms with Gasteiger partial charge in [-0.05, 0) is 42.5 Å². The summed E-state index contributed by atoms with van der Waals surface area (Å²) in [6.45, 7) is 4.11. The summed E-state index contributed by atoms with van der Waals surface area (Å²) in [5.41, 5.74) is 3.08. The molecule has 120 valence electrons. The standard InChI is InChI=1S/C18H25NO2S/c1-4-6-7-9-14-12-16(17(5-2)22(3,20)21)13-15-10-8-11-19-18(14)15/h8,10-13,17H,4-7,9H2,1-3H3. The van der Waals surface area contributed by atoms with E-state index in [1.807, 2.05) is 25.1 Å². The maximum atomic E-state index is 12.1. The Kier molecular flexibility index (Phi) is 5.57. The molecule has 4 heteroatoms. The predicted octanol–water partition coefficient (Wildman–Crippen LogP) is 4.46. The first-order valence-electron chi connectivity index (χ1n) is 8.03. The van der Waals surface area contributed by atoms with Crippen LogP contribution in [0.3, 0.4) is 0 Å². The largest absolute Gasteiger partial charge is 0.256 e. The fourth-order valence-corrected chi connectivity index (χ4v) is 4.26. The Morgan fingerprint density at radius 3 is 2.59 bits per heavy atom. The SMILES string of the molecule is CCCCCc1cc(C(CC)S(C)(=O)=O)cc2cccnc12. The average molecular weight is 319 g/mol. The summed E-state index contributed by atoms with van der Waals surface area (Å²) >= 11 is 0. The fourth-order valence-electron chi connectivity index (χ4n) is 3.02. The molecule has 0 fully saturated rings. The Balaban J connectivity index is 2.52. The van der Waals surface area contributed by atoms with Gasteiger partial charge < -0.3 is 0 Å². The minimum atomic E-state index is -3.10. The highest BCUT2D eigenvalue weighted by molar-refractivity contribution is 7.90. The monoisotopic (exact) mass is 319 g/mol. The zero-order valence-electron chi connectivity index (χ0n) is 13.7. The molecule has 0 saturated heterocycles. The van der Waals surface area contributed by atoms with Crippen molar-refractivity contribution in [2.24, 2.45) is 0 Å². The maximum absolute atomic E-state index is 12.1. The van der Waals surface area contributed by atoms with Crippen LogP contribution < -0.4 is 0 Å². The second kappa shape index (κ2) is 7.23. The molecule has 1 aromatic heterocycles. The van der Waals surface area contributed by atoms with E-state index in [2.05, 4.69) is 18.0 Å². The smallest absolute Gasteiger partial charge is 0.154 e. The van der Waals surface area contributed by atoms with Gasteiger partial charge >= 0.3 is 0 Å². The summed E-state index contributed by atoms with van der Waals surface area (Å²) < 4.78 is 24.1. The second-order valence-corrected chi connectivity index (χ2v) is 8.17. The van der Waals surface area contributed by atoms with E-state index in [9.17, 15) is 8.42 Å². The van der Waals surface area contributed by atoms with Gasteiger partial charge in [0.15, 0.2) is 9.84 Å². The van der Waals surface area contributed by atoms with Gasteiger partial charge in [-0.2, -0.15) is 0 Å². The molecule has 2 rings (SSSR count). The van der Waals surface area contributed by atoms with Gasteiger partial charge in [0.25, 0.3) is 0 Å². The summed E-state index contributed by atoms with van der Waals surface area (Å²) in [7, 11) is -3.10. The summed E-state index contributed by atoms with van der Waals surface area (Å²) in [5, 5.41) is 0.607. The van der Waals surface area contributed by atoms with E-state index in [1.165, 1.54) is 24.7 Å². The van der Waals surface area contributed by atoms with E-state index >= 15 is 0 Å². The lowest BCUT2D eigenvalue weighted by Gasteiger charge is -2.16. The van der Waals surface area contributed by atoms with E-state index in [-0.39, 0.29) is 0 Å². The van der Waals surface area contributed by atoms with Crippen LogP contribution in [0.4, 0.5) is 0 Å². The van der Waals surface area contributed by atoms with Gasteiger partial charge in [0, 0.05) is 17.8 Å². The lowest BCUT2D eigenvalue weighted by atomic mass is 9.98. The Morgan fingerprint density at radius 2 is 1.95 bits per heavy atom. The Morgan fingerprint density at radius 1 is 1.18 bits per heavy atom. The van der Waals surface area contributed by atoms with Crippen LogP contribution in [0.25, 0.3) is 10.9 Å². The van der Waals surface area contributed by atoms with Crippen LogP contribution >= 0.6 is 0 Å². The lowest BCUT2D eigenvalue weighted by Crippen LogP contribution is -2.11. The van der Waals surface area contributed by atoms with Crippen molar-refractivity contribution in [3.63, 3.8) is 0 Å². The highest BCUT2D eigenvalue weighted by Crippen LogP contribution is 2.30. The van der Waals surface area contributed by atoms with Crippen LogP contribution in [0.2, 0.25) is 0 Å². The summed E-state index contributed by atoms with van der Waals surface area (Å²) in [6.07, 6.45) is 8.15. The molecular formula is C18H25NO2S. The molecule has 0 spiro atoms. The first kappa shape index (κ1) is 16.9. The molecule has 0 amide bonds. The summed E-state index contributed by atoms with van der Waals surface area (Å²) in [6, 6.07) is 7.97. The van der Waals surface area contributed by atoms with Crippen LogP contribution in [0.15, 0.2) is 30.5 Å². The van der Waals surface area contributed by atoms with Gasteiger partial charge in [0.1, 0.15) is 0 Å². The third kappa shape index (κ3) is 3.86. The number of sulfone groups is 1. The number of hydrogen-bond donors (Lipinski definition) is 0. The molecular weight excluding hydrogens is 294 g/mol. The van der Waals surface area contributed by atoms with Crippen LogP contribution in [-0.2, 0) is 16.3 Å². The Bertz CT molecular complexity index is 738. The molecule has 0 saturated carbocycles. The number of aromatic nitrogens is 1. The molecule has 0 bridgehead atoms. The first-order valence-corrected chi connectivity index (χ1v) is 9.99. The van der Waals surface area contributed by atoms with Crippen molar-refractivity contribution in [1.29, 1.82) is 0 Å². The molecule has 3 nitrogen and oxygen atoms in total. The minimum Gasteiger partial charge on any atom is -0.256 e. The number of nitrogens with zero attached hydrogens (tertiary/aromatic N) is 1. The van der Waals surface area contributed by atoms with Crippen molar-refractivity contribution in [2.75, 3.05) is 6.26 Å². The van der Waals surface area contributed by atoms with Gasteiger partial charge in [0.05, 0.1) is 10.8 Å². The van der Waals surface area contributed by atoms with E-state index in [1.54, 1.807) is 6.20 Å². The second-order valence-electron chi connectivity index (χ2n) is 5.94. The topological polar surface area (TPSA) is 47.0 Å². The molecule has 2 aromatic rings. The molecule has 1 atom stereocenters. The molecule has 0 aliphatic heterocycles. The minimum absolute atomic E-state index is 0.429. The third-order valence-corrected chi connectivity index (χ3v) is 5.75. The van der Waals surface area contributed by atoms with Gasteiger partial charge in [-0.15, -0.1) is 0 Å². The maximum Gasteiger partial charge on any atom is 0.154 e. The van der Waals surface area contributed by atoms with Crippen LogP contribution in [0.5, 0.6) is 0 Å². The average Bonchev–Trinajstić information content (AvgIpc) is 2.46. The van der Waals surface area contributed by atoms with Crippen LogP contribution in [-0.4, -0.2) is 19.7 Å². The van der Waals surface area contributed by atoms with E-state index in [4.69, 9.17) is 0 Å². The van der Waals surface area contributed by atoms with E-state index in [0.29, 0.717) is 6.42 Å². The highest BCUT2D eigenvalue weighted by Gasteiger charge is 2.22. The van der Waals surface area contributed by atoms with Gasteiger partial charge in [-0.25, -0.2) is 8.42 Å². The summed E-state index contributed by atoms with van der Waals surface area (Å²) in [4.78, 5) is 4.50. The number of benzene rings is 1. The van der Waals surface area contributed by atoms with Crippen molar-refractivity contribution in [3.8, 4) is 0 Å². The van der Waals surface area contributed by atoms with Crippen molar-refractivity contribution >= 4 is 20.7 Å². The van der Waals surface area contributed by atoms with Crippen molar-refractivity contribution in [3.05, 3.63) is 41.6 Å². The van der Waals surface area contributed by atoms with Crippen molar-refractivity contribution in [1.82, 2.24) is 4.98 Å². The normalized spacial score (nSPS) is 13.4. The predicted molar refractivity (Wildman–Crippen MR) is 92.8 cm³/mol. The Hall–Kier alpha value is -1.42. The molecule has 1 heterocycles. The highest BCUT2D eigenvalue weighted by atomic mass is 32.2. The van der Waals surface area contributed by atoms with E-state index < -0.39 is 15.1 Å². The Labute approximate surface area is 133 Å². The van der Waals surface area contributed by atoms with Gasteiger partial charge in [-0.1, -0.05) is 38.8 Å². The molecule has 1 aromatic carbocycles. The number of aryl methyl sites for hydroxylation is 1. The third-order valence-electron chi connectivity index (χ3n) is 4.12. The molecule has 0 radical (unpaired) electrons. The fraction of sp³-hybridized carbons (Fsp3) is 0.500. The van der Waals surface area contributed by atoms with E-state index in [0.717, 1.165) is 29.3 Å². The first-order chi connectivity index (χ1) is 10.5. The number of unbranched alkanes of at least 4 members (excludes halogenated alkanes) is 2. The zero-order chi connectivity index (χ0) is 16.2. The number of pyridine rings is 1. The summed E-state index contributed by atoms with van der Waals surface area (Å²) in [5.74, 6) is 0. The molecule has 0 aliphatic carbocycles. The van der Waals surface area contributed by atoms with Crippen molar-refractivity contribution < 1.29 is 8.42 Å². The van der Waals surface area contributed by atoms with Crippen LogP contribution in [0.1, 0.15) is 55.9 Å². The quantitative estimate of drug-likeness (QED) is 0.708. The lowest BCUT2D eigenvalue weighted by molar-refractivity contribution is 0.585. The van der Waals surface area contributed by atoms with Crippen molar-refractivity contribution in [2.45, 2.75) is 51.2 Å².